The van der Waals surface area contributed by atoms with Crippen LogP contribution in [0.3, 0.4) is 0 Å². The molecule has 90 valence electrons. The summed E-state index contributed by atoms with van der Waals surface area (Å²) in [5.41, 5.74) is 5.88. The molecule has 1 atom stereocenters. The average Bonchev–Trinajstić information content (AvgIpc) is 2.61. The summed E-state index contributed by atoms with van der Waals surface area (Å²) in [5.74, 6) is -1.11. The molecule has 17 heavy (non-hydrogen) atoms. The van der Waals surface area contributed by atoms with E-state index >= 15 is 0 Å². The largest absolute Gasteiger partial charge is 0.326 e. The standard InChI is InChI=1S/C12H13FN2O2/c13-10-4-2-1-3-8(10)5-11(16)15-7-9(14)6-12(15)17/h1-4,9H,5-7,14H2. The van der Waals surface area contributed by atoms with Gasteiger partial charge in [0, 0.05) is 19.0 Å². The van der Waals surface area contributed by atoms with Crippen LogP contribution in [0.15, 0.2) is 24.3 Å². The van der Waals surface area contributed by atoms with Gasteiger partial charge in [0.25, 0.3) is 0 Å². The highest BCUT2D eigenvalue weighted by Gasteiger charge is 2.31. The number of nitrogens with zero attached hydrogens (tertiary/aromatic N) is 1. The van der Waals surface area contributed by atoms with E-state index in [-0.39, 0.29) is 31.3 Å². The number of likely N-dealkylation sites (tertiary alicyclic amines) is 1. The number of hydrogen-bond acceptors (Lipinski definition) is 3. The second-order valence-corrected chi connectivity index (χ2v) is 4.13. The van der Waals surface area contributed by atoms with Gasteiger partial charge in [-0.2, -0.15) is 0 Å². The Kier molecular flexibility index (Phi) is 3.19. The number of amides is 2. The molecule has 2 N–H and O–H groups in total. The molecule has 0 aromatic heterocycles. The lowest BCUT2D eigenvalue weighted by molar-refractivity contribution is -0.141. The highest BCUT2D eigenvalue weighted by molar-refractivity contribution is 5.98. The normalized spacial score (nSPS) is 19.8. The van der Waals surface area contributed by atoms with Gasteiger partial charge in [0.1, 0.15) is 5.82 Å². The number of carbonyl (C=O) groups is 2. The average molecular weight is 236 g/mol. The minimum absolute atomic E-state index is 0.106. The van der Waals surface area contributed by atoms with E-state index in [1.165, 1.54) is 12.1 Å². The monoisotopic (exact) mass is 236 g/mol. The van der Waals surface area contributed by atoms with E-state index in [1.54, 1.807) is 12.1 Å². The summed E-state index contributed by atoms with van der Waals surface area (Å²) in [6, 6.07) is 5.74. The predicted molar refractivity (Wildman–Crippen MR) is 59.4 cm³/mol. The van der Waals surface area contributed by atoms with Gasteiger partial charge in [-0.1, -0.05) is 18.2 Å². The Morgan fingerprint density at radius 1 is 1.47 bits per heavy atom. The van der Waals surface area contributed by atoms with Crippen molar-refractivity contribution in [3.05, 3.63) is 35.6 Å². The van der Waals surface area contributed by atoms with Crippen LogP contribution < -0.4 is 5.73 Å². The van der Waals surface area contributed by atoms with E-state index in [0.29, 0.717) is 5.56 Å². The summed E-state index contributed by atoms with van der Waals surface area (Å²) >= 11 is 0. The molecule has 4 nitrogen and oxygen atoms in total. The van der Waals surface area contributed by atoms with E-state index in [0.717, 1.165) is 4.90 Å². The van der Waals surface area contributed by atoms with E-state index in [2.05, 4.69) is 0 Å². The highest BCUT2D eigenvalue weighted by atomic mass is 19.1. The molecule has 1 unspecified atom stereocenters. The minimum atomic E-state index is -0.434. The maximum atomic E-state index is 13.3. The van der Waals surface area contributed by atoms with Gasteiger partial charge in [-0.25, -0.2) is 4.39 Å². The molecule has 0 spiro atoms. The molecule has 1 aliphatic heterocycles. The number of nitrogens with two attached hydrogens (primary N) is 1. The van der Waals surface area contributed by atoms with Crippen LogP contribution in [0.1, 0.15) is 12.0 Å². The molecule has 1 aromatic rings. The van der Waals surface area contributed by atoms with Crippen LogP contribution in [0.25, 0.3) is 0 Å². The Morgan fingerprint density at radius 2 is 2.18 bits per heavy atom. The fourth-order valence-corrected chi connectivity index (χ4v) is 1.88. The van der Waals surface area contributed by atoms with Crippen molar-refractivity contribution >= 4 is 11.8 Å². The van der Waals surface area contributed by atoms with Crippen LogP contribution in [-0.4, -0.2) is 29.3 Å². The van der Waals surface area contributed by atoms with Gasteiger partial charge in [0.05, 0.1) is 6.42 Å². The third-order valence-electron chi connectivity index (χ3n) is 2.76. The number of rotatable bonds is 2. The van der Waals surface area contributed by atoms with Crippen molar-refractivity contribution in [2.45, 2.75) is 18.9 Å². The molecular weight excluding hydrogens is 223 g/mol. The summed E-state index contributed by atoms with van der Waals surface area (Å²) in [6.07, 6.45) is 0.0775. The van der Waals surface area contributed by atoms with E-state index in [1.807, 2.05) is 0 Å². The third kappa shape index (κ3) is 2.50. The Balaban J connectivity index is 2.08. The molecule has 1 aliphatic rings. The number of hydrogen-bond donors (Lipinski definition) is 1. The first-order valence-corrected chi connectivity index (χ1v) is 5.40. The quantitative estimate of drug-likeness (QED) is 0.811. The van der Waals surface area contributed by atoms with Gasteiger partial charge in [-0.15, -0.1) is 0 Å². The van der Waals surface area contributed by atoms with Crippen molar-refractivity contribution in [1.29, 1.82) is 0 Å². The van der Waals surface area contributed by atoms with Gasteiger partial charge in [-0.3, -0.25) is 14.5 Å². The molecule has 1 saturated heterocycles. The van der Waals surface area contributed by atoms with E-state index in [9.17, 15) is 14.0 Å². The molecule has 1 fully saturated rings. The molecule has 0 radical (unpaired) electrons. The van der Waals surface area contributed by atoms with Crippen LogP contribution in [0.5, 0.6) is 0 Å². The van der Waals surface area contributed by atoms with Crippen molar-refractivity contribution in [2.24, 2.45) is 5.73 Å². The van der Waals surface area contributed by atoms with E-state index in [4.69, 9.17) is 5.73 Å². The summed E-state index contributed by atoms with van der Waals surface area (Å²) < 4.78 is 13.3. The summed E-state index contributed by atoms with van der Waals surface area (Å²) in [5, 5.41) is 0. The smallest absolute Gasteiger partial charge is 0.233 e. The van der Waals surface area contributed by atoms with Crippen molar-refractivity contribution in [3.8, 4) is 0 Å². The van der Waals surface area contributed by atoms with Crippen LogP contribution in [0, 0.1) is 5.82 Å². The van der Waals surface area contributed by atoms with Gasteiger partial charge >= 0.3 is 0 Å². The predicted octanol–water partition coefficient (Wildman–Crippen LogP) is 0.454. The lowest BCUT2D eigenvalue weighted by Crippen LogP contribution is -2.35. The molecule has 2 amide bonds. The fraction of sp³-hybridized carbons (Fsp3) is 0.333. The molecule has 1 aromatic carbocycles. The van der Waals surface area contributed by atoms with Gasteiger partial charge in [0.2, 0.25) is 11.8 Å². The van der Waals surface area contributed by atoms with Crippen molar-refractivity contribution in [3.63, 3.8) is 0 Å². The Hall–Kier alpha value is -1.75. The maximum Gasteiger partial charge on any atom is 0.233 e. The summed E-state index contributed by atoms with van der Waals surface area (Å²) in [7, 11) is 0. The lowest BCUT2D eigenvalue weighted by Gasteiger charge is -2.14. The van der Waals surface area contributed by atoms with Gasteiger partial charge in [0.15, 0.2) is 0 Å². The first-order chi connectivity index (χ1) is 8.08. The Labute approximate surface area is 98.2 Å². The number of benzene rings is 1. The first-order valence-electron chi connectivity index (χ1n) is 5.40. The second-order valence-electron chi connectivity index (χ2n) is 4.13. The SMILES string of the molecule is NC1CC(=O)N(C(=O)Cc2ccccc2F)C1. The molecule has 0 saturated carbocycles. The molecule has 0 aliphatic carbocycles. The van der Waals surface area contributed by atoms with Gasteiger partial charge < -0.3 is 5.73 Å². The van der Waals surface area contributed by atoms with Crippen molar-refractivity contribution in [2.75, 3.05) is 6.54 Å². The summed E-state index contributed by atoms with van der Waals surface area (Å²) in [4.78, 5) is 24.3. The zero-order chi connectivity index (χ0) is 12.4. The molecular formula is C12H13FN2O2. The van der Waals surface area contributed by atoms with Crippen molar-refractivity contribution in [1.82, 2.24) is 4.90 Å². The van der Waals surface area contributed by atoms with Crippen molar-refractivity contribution < 1.29 is 14.0 Å². The molecule has 0 bridgehead atoms. The van der Waals surface area contributed by atoms with Crippen LogP contribution >= 0.6 is 0 Å². The van der Waals surface area contributed by atoms with Crippen LogP contribution in [0.4, 0.5) is 4.39 Å². The molecule has 2 rings (SSSR count). The maximum absolute atomic E-state index is 13.3. The molecule has 1 heterocycles. The Bertz CT molecular complexity index is 462. The number of carbonyl (C=O) groups excluding carboxylic acids is 2. The zero-order valence-corrected chi connectivity index (χ0v) is 9.23. The topological polar surface area (TPSA) is 63.4 Å². The minimum Gasteiger partial charge on any atom is -0.326 e. The van der Waals surface area contributed by atoms with E-state index < -0.39 is 11.7 Å². The highest BCUT2D eigenvalue weighted by Crippen LogP contribution is 2.13. The van der Waals surface area contributed by atoms with Gasteiger partial charge in [-0.05, 0) is 11.6 Å². The van der Waals surface area contributed by atoms with Crippen LogP contribution in [0.2, 0.25) is 0 Å². The number of imide groups is 1. The number of halogens is 1. The third-order valence-corrected chi connectivity index (χ3v) is 2.76. The van der Waals surface area contributed by atoms with Crippen LogP contribution in [-0.2, 0) is 16.0 Å². The zero-order valence-electron chi connectivity index (χ0n) is 9.23. The fourth-order valence-electron chi connectivity index (χ4n) is 1.88. The first kappa shape index (κ1) is 11.7. The lowest BCUT2D eigenvalue weighted by atomic mass is 10.1. The molecule has 5 heteroatoms. The Morgan fingerprint density at radius 3 is 2.76 bits per heavy atom. The second kappa shape index (κ2) is 4.63. The summed E-state index contributed by atoms with van der Waals surface area (Å²) in [6.45, 7) is 0.228.